The van der Waals surface area contributed by atoms with Gasteiger partial charge in [-0.3, -0.25) is 4.79 Å². The Bertz CT molecular complexity index is 1490. The van der Waals surface area contributed by atoms with Gasteiger partial charge >= 0.3 is 6.03 Å². The zero-order valence-electron chi connectivity index (χ0n) is 21.6. The zero-order chi connectivity index (χ0) is 28.2. The van der Waals surface area contributed by atoms with E-state index in [2.05, 4.69) is 15.0 Å². The summed E-state index contributed by atoms with van der Waals surface area (Å²) >= 11 is -0.412. The number of amides is 3. The smallest absolute Gasteiger partial charge is 0.358 e. The first-order valence-electron chi connectivity index (χ1n) is 12.6. The van der Waals surface area contributed by atoms with Crippen molar-refractivity contribution in [3.05, 3.63) is 95.0 Å². The Hall–Kier alpha value is -3.58. The first kappa shape index (κ1) is 28.0. The molecule has 12 heteroatoms. The van der Waals surface area contributed by atoms with Crippen molar-refractivity contribution in [2.24, 2.45) is 0 Å². The first-order valence-corrected chi connectivity index (χ1v) is 14.6. The molecule has 0 radical (unpaired) electrons. The van der Waals surface area contributed by atoms with Gasteiger partial charge in [0.25, 0.3) is 0 Å². The van der Waals surface area contributed by atoms with Crippen LogP contribution in [0.4, 0.5) is 19.3 Å². The third-order valence-electron chi connectivity index (χ3n) is 6.78. The van der Waals surface area contributed by atoms with Crippen molar-refractivity contribution >= 4 is 50.7 Å². The summed E-state index contributed by atoms with van der Waals surface area (Å²) in [6, 6.07) is 15.7. The van der Waals surface area contributed by atoms with Crippen molar-refractivity contribution in [3.8, 4) is 0 Å². The number of nitrogens with one attached hydrogen (secondary N) is 2. The van der Waals surface area contributed by atoms with Crippen LogP contribution in [0, 0.1) is 11.6 Å². The van der Waals surface area contributed by atoms with Gasteiger partial charge < -0.3 is 14.8 Å². The van der Waals surface area contributed by atoms with E-state index in [1.54, 1.807) is 29.0 Å². The van der Waals surface area contributed by atoms with Crippen LogP contribution in [0.3, 0.4) is 0 Å². The Labute approximate surface area is 237 Å². The molecular weight excluding hydrogens is 556 g/mol. The molecule has 2 unspecified atom stereocenters. The summed E-state index contributed by atoms with van der Waals surface area (Å²) in [5.74, 6) is -2.12. The maximum atomic E-state index is 13.9. The Morgan fingerprint density at radius 2 is 1.90 bits per heavy atom. The number of fused-ring (bicyclic) bond motifs is 1. The van der Waals surface area contributed by atoms with E-state index < -0.39 is 41.2 Å². The molecule has 1 aliphatic heterocycles. The molecular formula is C28H27F2N5O3S2. The molecule has 0 aliphatic carbocycles. The number of hydrogen-bond donors (Lipinski definition) is 2. The van der Waals surface area contributed by atoms with E-state index in [1.165, 1.54) is 16.2 Å². The molecule has 3 aromatic carbocycles. The van der Waals surface area contributed by atoms with Crippen LogP contribution in [-0.2, 0) is 22.8 Å². The molecule has 8 nitrogen and oxygen atoms in total. The van der Waals surface area contributed by atoms with Crippen LogP contribution < -0.4 is 14.9 Å². The molecule has 0 saturated carbocycles. The van der Waals surface area contributed by atoms with E-state index in [1.807, 2.05) is 36.4 Å². The third kappa shape index (κ3) is 6.41. The Morgan fingerprint density at radius 1 is 1.15 bits per heavy atom. The number of thiazole rings is 1. The minimum atomic E-state index is -1.88. The molecule has 0 spiro atoms. The van der Waals surface area contributed by atoms with Gasteiger partial charge in [-0.05, 0) is 54.3 Å². The number of aromatic nitrogens is 1. The SMILES string of the molecule is CN(C(=O)[C@H](Cc1cc(F)cc(F)c1)NC(=O)N[S+]([O-])N1CCCC1c1ccccc1)c1ccc2scnc2c1. The number of nitrogens with zero attached hydrogens (tertiary/aromatic N) is 3. The van der Waals surface area contributed by atoms with E-state index in [0.29, 0.717) is 17.7 Å². The number of rotatable bonds is 8. The highest BCUT2D eigenvalue weighted by atomic mass is 32.2. The minimum Gasteiger partial charge on any atom is -0.573 e. The molecule has 0 bridgehead atoms. The number of hydrogen-bond acceptors (Lipinski definition) is 6. The van der Waals surface area contributed by atoms with Gasteiger partial charge in [0.1, 0.15) is 17.7 Å². The molecule has 1 saturated heterocycles. The van der Waals surface area contributed by atoms with Crippen LogP contribution in [0.25, 0.3) is 10.2 Å². The summed E-state index contributed by atoms with van der Waals surface area (Å²) in [5, 5.41) is 2.58. The molecule has 40 heavy (non-hydrogen) atoms. The molecule has 208 valence electrons. The van der Waals surface area contributed by atoms with Gasteiger partial charge in [-0.15, -0.1) is 16.1 Å². The van der Waals surface area contributed by atoms with Gasteiger partial charge in [-0.25, -0.2) is 18.6 Å². The summed E-state index contributed by atoms with van der Waals surface area (Å²) in [7, 11) is 1.54. The highest BCUT2D eigenvalue weighted by Crippen LogP contribution is 2.33. The second-order valence-electron chi connectivity index (χ2n) is 9.47. The highest BCUT2D eigenvalue weighted by Gasteiger charge is 2.37. The topological polar surface area (TPSA) is 101 Å². The van der Waals surface area contributed by atoms with Gasteiger partial charge in [-0.2, -0.15) is 0 Å². The summed E-state index contributed by atoms with van der Waals surface area (Å²) in [4.78, 5) is 32.2. The lowest BCUT2D eigenvalue weighted by molar-refractivity contribution is -0.120. The molecule has 2 N–H and O–H groups in total. The average Bonchev–Trinajstić information content (AvgIpc) is 3.61. The maximum Gasteiger partial charge on any atom is 0.358 e. The monoisotopic (exact) mass is 583 g/mol. The van der Waals surface area contributed by atoms with Crippen molar-refractivity contribution in [1.82, 2.24) is 19.3 Å². The van der Waals surface area contributed by atoms with Crippen LogP contribution in [-0.4, -0.2) is 45.4 Å². The summed E-state index contributed by atoms with van der Waals surface area (Å²) in [6.07, 6.45) is 1.42. The van der Waals surface area contributed by atoms with Crippen LogP contribution in [0.1, 0.15) is 30.0 Å². The Balaban J connectivity index is 1.33. The second kappa shape index (κ2) is 12.3. The standard InChI is InChI=1S/C28H27F2N5O3S2/c1-34(22-9-10-26-23(16-22)31-17-39-26)27(36)24(14-18-12-20(29)15-21(30)13-18)32-28(37)33-40(38)35-11-5-8-25(35)19-6-3-2-4-7-19/h2-4,6-7,9-10,12-13,15-17,24-25H,5,8,11,14H2,1H3,(H2,32,33,37)/t24-,25?,40?/m0/s1. The first-order chi connectivity index (χ1) is 19.3. The van der Waals surface area contributed by atoms with Crippen LogP contribution in [0.5, 0.6) is 0 Å². The number of carbonyl (C=O) groups excluding carboxylic acids is 2. The number of likely N-dealkylation sites (N-methyl/N-ethyl adjacent to an activating group) is 1. The van der Waals surface area contributed by atoms with Gasteiger partial charge in [0.05, 0.1) is 21.8 Å². The molecule has 5 rings (SSSR count). The number of benzene rings is 3. The van der Waals surface area contributed by atoms with E-state index in [0.717, 1.165) is 41.3 Å². The zero-order valence-corrected chi connectivity index (χ0v) is 23.2. The lowest BCUT2D eigenvalue weighted by Gasteiger charge is -2.27. The minimum absolute atomic E-state index is 0.123. The van der Waals surface area contributed by atoms with Gasteiger partial charge in [0.2, 0.25) is 5.91 Å². The quantitative estimate of drug-likeness (QED) is 0.289. The van der Waals surface area contributed by atoms with Crippen LogP contribution in [0.2, 0.25) is 0 Å². The normalized spacial score (nSPS) is 16.9. The summed E-state index contributed by atoms with van der Waals surface area (Å²) in [6.45, 7) is 0.527. The van der Waals surface area contributed by atoms with Crippen molar-refractivity contribution in [2.75, 3.05) is 18.5 Å². The Kier molecular flexibility index (Phi) is 8.60. The number of halogens is 2. The van der Waals surface area contributed by atoms with E-state index >= 15 is 0 Å². The lowest BCUT2D eigenvalue weighted by atomic mass is 10.0. The molecule has 1 aromatic heterocycles. The molecule has 4 aromatic rings. The van der Waals surface area contributed by atoms with Gasteiger partial charge in [-0.1, -0.05) is 34.6 Å². The molecule has 3 atom stereocenters. The Morgan fingerprint density at radius 3 is 2.65 bits per heavy atom. The molecule has 3 amide bonds. The molecule has 2 heterocycles. The summed E-state index contributed by atoms with van der Waals surface area (Å²) in [5.41, 5.74) is 4.13. The van der Waals surface area contributed by atoms with Gasteiger partial charge in [0, 0.05) is 31.8 Å². The van der Waals surface area contributed by atoms with Crippen molar-refractivity contribution in [1.29, 1.82) is 0 Å². The molecule has 1 fully saturated rings. The second-order valence-corrected chi connectivity index (χ2v) is 11.5. The highest BCUT2D eigenvalue weighted by molar-refractivity contribution is 7.87. The van der Waals surface area contributed by atoms with Crippen molar-refractivity contribution in [2.45, 2.75) is 31.3 Å². The number of anilines is 1. The predicted octanol–water partition coefficient (Wildman–Crippen LogP) is 4.86. The van der Waals surface area contributed by atoms with E-state index in [-0.39, 0.29) is 18.0 Å². The lowest BCUT2D eigenvalue weighted by Crippen LogP contribution is -2.54. The number of urea groups is 1. The fourth-order valence-corrected chi connectivity index (χ4v) is 6.60. The van der Waals surface area contributed by atoms with Crippen molar-refractivity contribution < 1.29 is 22.9 Å². The fraction of sp³-hybridized carbons (Fsp3) is 0.250. The van der Waals surface area contributed by atoms with Crippen LogP contribution in [0.15, 0.2) is 72.2 Å². The van der Waals surface area contributed by atoms with Gasteiger partial charge in [0.15, 0.2) is 11.5 Å². The van der Waals surface area contributed by atoms with E-state index in [9.17, 15) is 22.9 Å². The largest absolute Gasteiger partial charge is 0.573 e. The average molecular weight is 584 g/mol. The maximum absolute atomic E-state index is 13.9. The molecule has 1 aliphatic rings. The third-order valence-corrected chi connectivity index (χ3v) is 8.81. The van der Waals surface area contributed by atoms with Crippen LogP contribution >= 0.6 is 11.3 Å². The van der Waals surface area contributed by atoms with Crippen molar-refractivity contribution in [3.63, 3.8) is 0 Å². The fourth-order valence-electron chi connectivity index (χ4n) is 4.85. The van der Waals surface area contributed by atoms with E-state index in [4.69, 9.17) is 0 Å². The number of carbonyl (C=O) groups is 2. The summed E-state index contributed by atoms with van der Waals surface area (Å²) < 4.78 is 46.1. The predicted molar refractivity (Wildman–Crippen MR) is 152 cm³/mol.